The molecule has 0 spiro atoms. The molecule has 0 bridgehead atoms. The van der Waals surface area contributed by atoms with Crippen LogP contribution in [0.5, 0.6) is 11.5 Å². The minimum absolute atomic E-state index is 0.0542. The molecule has 0 radical (unpaired) electrons. The predicted molar refractivity (Wildman–Crippen MR) is 72.0 cm³/mol. The van der Waals surface area contributed by atoms with Gasteiger partial charge >= 0.3 is 0 Å². The first-order valence-electron chi connectivity index (χ1n) is 5.94. The summed E-state index contributed by atoms with van der Waals surface area (Å²) in [5.74, 6) is 1.43. The Balaban J connectivity index is 2.31. The maximum atomic E-state index is 11.1. The molecule has 0 fully saturated rings. The molecule has 0 aromatic heterocycles. The Morgan fingerprint density at radius 3 is 2.56 bits per heavy atom. The predicted octanol–water partition coefficient (Wildman–Crippen LogP) is 2.81. The Kier molecular flexibility index (Phi) is 4.11. The summed E-state index contributed by atoms with van der Waals surface area (Å²) in [4.78, 5) is 11.1. The molecule has 0 aliphatic carbocycles. The van der Waals surface area contributed by atoms with Crippen molar-refractivity contribution in [1.29, 1.82) is 0 Å². The van der Waals surface area contributed by atoms with E-state index < -0.39 is 0 Å². The van der Waals surface area contributed by atoms with Gasteiger partial charge in [0.1, 0.15) is 0 Å². The highest BCUT2D eigenvalue weighted by molar-refractivity contribution is 9.10. The first-order chi connectivity index (χ1) is 8.58. The Morgan fingerprint density at radius 1 is 1.33 bits per heavy atom. The van der Waals surface area contributed by atoms with Crippen LogP contribution in [0.1, 0.15) is 31.9 Å². The lowest BCUT2D eigenvalue weighted by Crippen LogP contribution is -2.23. The van der Waals surface area contributed by atoms with Crippen molar-refractivity contribution >= 4 is 21.8 Å². The molecule has 1 amide bonds. The van der Waals surface area contributed by atoms with Gasteiger partial charge in [-0.1, -0.05) is 15.9 Å². The number of amides is 1. The minimum Gasteiger partial charge on any atom is -0.490 e. The van der Waals surface area contributed by atoms with Gasteiger partial charge in [0.2, 0.25) is 5.91 Å². The third-order valence-electron chi connectivity index (χ3n) is 2.75. The Morgan fingerprint density at radius 2 is 1.94 bits per heavy atom. The number of hydrogen-bond donors (Lipinski definition) is 1. The van der Waals surface area contributed by atoms with E-state index in [9.17, 15) is 4.79 Å². The van der Waals surface area contributed by atoms with Crippen molar-refractivity contribution in [3.63, 3.8) is 0 Å². The third kappa shape index (κ3) is 2.96. The van der Waals surface area contributed by atoms with Crippen LogP contribution in [-0.4, -0.2) is 19.1 Å². The van der Waals surface area contributed by atoms with Crippen LogP contribution in [0.4, 0.5) is 0 Å². The number of carbonyl (C=O) groups excluding carboxylic acids is 1. The van der Waals surface area contributed by atoms with Crippen LogP contribution in [0, 0.1) is 0 Å². The van der Waals surface area contributed by atoms with E-state index >= 15 is 0 Å². The number of nitrogens with one attached hydrogen (secondary N) is 1. The van der Waals surface area contributed by atoms with Crippen molar-refractivity contribution < 1.29 is 14.3 Å². The van der Waals surface area contributed by atoms with Crippen LogP contribution in [0.2, 0.25) is 0 Å². The molecule has 18 heavy (non-hydrogen) atoms. The van der Waals surface area contributed by atoms with E-state index in [0.717, 1.165) is 28.0 Å². The zero-order valence-electron chi connectivity index (χ0n) is 10.5. The molecular weight excluding hydrogens is 298 g/mol. The summed E-state index contributed by atoms with van der Waals surface area (Å²) in [7, 11) is 0. The average Bonchev–Trinajstić information content (AvgIpc) is 2.51. The maximum absolute atomic E-state index is 11.1. The Hall–Kier alpha value is -1.23. The first kappa shape index (κ1) is 13.2. The van der Waals surface area contributed by atoms with E-state index in [1.807, 2.05) is 19.1 Å². The maximum Gasteiger partial charge on any atom is 0.217 e. The van der Waals surface area contributed by atoms with Crippen molar-refractivity contribution in [3.05, 3.63) is 22.2 Å². The summed E-state index contributed by atoms with van der Waals surface area (Å²) < 4.78 is 12.2. The summed E-state index contributed by atoms with van der Waals surface area (Å²) in [6, 6.07) is 3.74. The zero-order chi connectivity index (χ0) is 13.1. The quantitative estimate of drug-likeness (QED) is 0.913. The normalized spacial score (nSPS) is 15.7. The van der Waals surface area contributed by atoms with Crippen LogP contribution in [0.25, 0.3) is 0 Å². The van der Waals surface area contributed by atoms with Crippen LogP contribution in [0.15, 0.2) is 16.6 Å². The third-order valence-corrected chi connectivity index (χ3v) is 3.44. The summed E-state index contributed by atoms with van der Waals surface area (Å²) in [6.07, 6.45) is 0.878. The molecule has 5 heteroatoms. The smallest absolute Gasteiger partial charge is 0.217 e. The van der Waals surface area contributed by atoms with Crippen molar-refractivity contribution in [2.75, 3.05) is 13.2 Å². The van der Waals surface area contributed by atoms with E-state index in [2.05, 4.69) is 21.2 Å². The SMILES string of the molecule is CC(=O)N[C@H](C)c1cc2c(cc1Br)OCCCO2. The second-order valence-corrected chi connectivity index (χ2v) is 5.15. The van der Waals surface area contributed by atoms with Gasteiger partial charge in [-0.2, -0.15) is 0 Å². The molecule has 1 aromatic carbocycles. The number of fused-ring (bicyclic) bond motifs is 1. The largest absolute Gasteiger partial charge is 0.490 e. The number of hydrogen-bond acceptors (Lipinski definition) is 3. The van der Waals surface area contributed by atoms with Crippen molar-refractivity contribution in [1.82, 2.24) is 5.32 Å². The highest BCUT2D eigenvalue weighted by Gasteiger charge is 2.17. The highest BCUT2D eigenvalue weighted by Crippen LogP contribution is 2.37. The Bertz CT molecular complexity index is 462. The van der Waals surface area contributed by atoms with Crippen LogP contribution >= 0.6 is 15.9 Å². The van der Waals surface area contributed by atoms with Gasteiger partial charge in [0.05, 0.1) is 19.3 Å². The molecule has 1 N–H and O–H groups in total. The van der Waals surface area contributed by atoms with Gasteiger partial charge < -0.3 is 14.8 Å². The molecule has 2 rings (SSSR count). The number of ether oxygens (including phenoxy) is 2. The van der Waals surface area contributed by atoms with E-state index in [-0.39, 0.29) is 11.9 Å². The summed E-state index contributed by atoms with van der Waals surface area (Å²) in [6.45, 7) is 4.77. The summed E-state index contributed by atoms with van der Waals surface area (Å²) in [5.41, 5.74) is 0.981. The molecule has 0 saturated heterocycles. The second kappa shape index (κ2) is 5.61. The monoisotopic (exact) mass is 313 g/mol. The van der Waals surface area contributed by atoms with Gasteiger partial charge in [-0.05, 0) is 24.6 Å². The van der Waals surface area contributed by atoms with Gasteiger partial charge in [0.25, 0.3) is 0 Å². The zero-order valence-corrected chi connectivity index (χ0v) is 12.0. The number of halogens is 1. The topological polar surface area (TPSA) is 47.6 Å². The Labute approximate surface area is 115 Å². The lowest BCUT2D eigenvalue weighted by molar-refractivity contribution is -0.119. The molecule has 4 nitrogen and oxygen atoms in total. The van der Waals surface area contributed by atoms with Crippen molar-refractivity contribution in [2.45, 2.75) is 26.3 Å². The minimum atomic E-state index is -0.0750. The van der Waals surface area contributed by atoms with E-state index in [4.69, 9.17) is 9.47 Å². The van der Waals surface area contributed by atoms with Crippen molar-refractivity contribution in [2.24, 2.45) is 0 Å². The fourth-order valence-corrected chi connectivity index (χ4v) is 2.58. The molecule has 1 aliphatic heterocycles. The summed E-state index contributed by atoms with van der Waals surface area (Å²) in [5, 5.41) is 2.86. The standard InChI is InChI=1S/C13H16BrNO3/c1-8(15-9(2)16)10-6-12-13(7-11(10)14)18-5-3-4-17-12/h6-8H,3-5H2,1-2H3,(H,15,16)/t8-/m1/s1. The van der Waals surface area contributed by atoms with Crippen molar-refractivity contribution in [3.8, 4) is 11.5 Å². The number of benzene rings is 1. The lowest BCUT2D eigenvalue weighted by Gasteiger charge is -2.17. The highest BCUT2D eigenvalue weighted by atomic mass is 79.9. The average molecular weight is 314 g/mol. The van der Waals surface area contributed by atoms with Gasteiger partial charge in [-0.25, -0.2) is 0 Å². The van der Waals surface area contributed by atoms with Crippen LogP contribution < -0.4 is 14.8 Å². The molecule has 1 aromatic rings. The van der Waals surface area contributed by atoms with E-state index in [1.165, 1.54) is 6.92 Å². The second-order valence-electron chi connectivity index (χ2n) is 4.29. The van der Waals surface area contributed by atoms with Crippen LogP contribution in [-0.2, 0) is 4.79 Å². The van der Waals surface area contributed by atoms with E-state index in [0.29, 0.717) is 13.2 Å². The first-order valence-corrected chi connectivity index (χ1v) is 6.73. The fourth-order valence-electron chi connectivity index (χ4n) is 1.91. The molecule has 1 atom stereocenters. The fraction of sp³-hybridized carbons (Fsp3) is 0.462. The van der Waals surface area contributed by atoms with Gasteiger partial charge in [0.15, 0.2) is 11.5 Å². The molecule has 0 saturated carbocycles. The number of rotatable bonds is 2. The lowest BCUT2D eigenvalue weighted by atomic mass is 10.1. The van der Waals surface area contributed by atoms with Gasteiger partial charge in [-0.3, -0.25) is 4.79 Å². The van der Waals surface area contributed by atoms with Gasteiger partial charge in [-0.15, -0.1) is 0 Å². The molecule has 98 valence electrons. The van der Waals surface area contributed by atoms with Gasteiger partial charge in [0, 0.05) is 17.8 Å². The molecular formula is C13H16BrNO3. The summed E-state index contributed by atoms with van der Waals surface area (Å²) >= 11 is 3.50. The number of carbonyl (C=O) groups is 1. The van der Waals surface area contributed by atoms with E-state index in [1.54, 1.807) is 0 Å². The molecule has 1 heterocycles. The van der Waals surface area contributed by atoms with Crippen LogP contribution in [0.3, 0.4) is 0 Å². The molecule has 0 unspecified atom stereocenters. The molecule has 1 aliphatic rings.